The number of piperidine rings is 1. The largest absolute Gasteiger partial charge is 0.508 e. The second kappa shape index (κ2) is 7.11. The summed E-state index contributed by atoms with van der Waals surface area (Å²) in [4.78, 5) is 14.0. The minimum Gasteiger partial charge on any atom is -0.508 e. The van der Waals surface area contributed by atoms with Gasteiger partial charge in [-0.3, -0.25) is 4.79 Å². The van der Waals surface area contributed by atoms with Crippen molar-refractivity contribution in [3.8, 4) is 5.75 Å². The Morgan fingerprint density at radius 1 is 1.45 bits per heavy atom. The number of aliphatic hydroxyl groups excluding tert-OH is 2. The van der Waals surface area contributed by atoms with Crippen molar-refractivity contribution < 1.29 is 20.1 Å². The molecule has 5 nitrogen and oxygen atoms in total. The third-order valence-corrected chi connectivity index (χ3v) is 4.66. The Kier molecular flexibility index (Phi) is 5.42. The molecular weight excluding hydrogens is 282 g/mol. The first-order valence-electron chi connectivity index (χ1n) is 7.85. The van der Waals surface area contributed by atoms with Crippen LogP contribution in [-0.4, -0.2) is 51.9 Å². The van der Waals surface area contributed by atoms with Gasteiger partial charge in [-0.05, 0) is 30.5 Å². The summed E-state index contributed by atoms with van der Waals surface area (Å²) >= 11 is 0. The van der Waals surface area contributed by atoms with Gasteiger partial charge in [-0.1, -0.05) is 25.5 Å². The fourth-order valence-electron chi connectivity index (χ4n) is 3.25. The van der Waals surface area contributed by atoms with Crippen molar-refractivity contribution >= 4 is 5.91 Å². The van der Waals surface area contributed by atoms with Crippen LogP contribution in [0.2, 0.25) is 0 Å². The number of aliphatic hydroxyl groups is 2. The molecule has 0 unspecified atom stereocenters. The van der Waals surface area contributed by atoms with Gasteiger partial charge in [-0.15, -0.1) is 0 Å². The third kappa shape index (κ3) is 3.59. The molecule has 122 valence electrons. The van der Waals surface area contributed by atoms with Crippen LogP contribution < -0.4 is 0 Å². The van der Waals surface area contributed by atoms with Crippen LogP contribution in [0, 0.1) is 5.41 Å². The van der Waals surface area contributed by atoms with Crippen LogP contribution in [0.25, 0.3) is 0 Å². The van der Waals surface area contributed by atoms with Gasteiger partial charge in [-0.25, -0.2) is 0 Å². The van der Waals surface area contributed by atoms with E-state index < -0.39 is 11.5 Å². The molecular formula is C17H25NO4. The molecule has 1 aliphatic rings. The lowest BCUT2D eigenvalue weighted by atomic mass is 9.73. The summed E-state index contributed by atoms with van der Waals surface area (Å²) < 4.78 is 0. The molecule has 1 heterocycles. The number of aromatic hydroxyl groups is 1. The number of phenolic OH excluding ortho intramolecular Hbond substituents is 1. The molecule has 1 amide bonds. The van der Waals surface area contributed by atoms with Crippen molar-refractivity contribution in [3.63, 3.8) is 0 Å². The van der Waals surface area contributed by atoms with Crippen LogP contribution in [0.4, 0.5) is 0 Å². The normalized spacial score (nSPS) is 25.2. The first-order valence-corrected chi connectivity index (χ1v) is 7.85. The zero-order chi connectivity index (χ0) is 16.2. The molecule has 2 rings (SSSR count). The Labute approximate surface area is 131 Å². The molecule has 1 aromatic carbocycles. The Hall–Kier alpha value is -1.59. The summed E-state index contributed by atoms with van der Waals surface area (Å²) in [6, 6.07) is 6.65. The smallest absolute Gasteiger partial charge is 0.227 e. The van der Waals surface area contributed by atoms with Gasteiger partial charge in [0, 0.05) is 18.5 Å². The first-order chi connectivity index (χ1) is 10.5. The highest BCUT2D eigenvalue weighted by atomic mass is 16.3. The fraction of sp³-hybridized carbons (Fsp3) is 0.588. The van der Waals surface area contributed by atoms with Gasteiger partial charge in [0.1, 0.15) is 5.75 Å². The Morgan fingerprint density at radius 2 is 2.23 bits per heavy atom. The standard InChI is InChI=1S/C17H25NO4/c1-2-6-17(12-19)7-8-18(11-15(17)21)16(22)10-13-4-3-5-14(20)9-13/h3-5,9,15,19-21H,2,6-8,10-12H2,1H3/t15-,17-/m1/s1. The number of benzene rings is 1. The van der Waals surface area contributed by atoms with Crippen molar-refractivity contribution in [1.29, 1.82) is 0 Å². The number of nitrogens with zero attached hydrogens (tertiary/aromatic N) is 1. The number of hydrogen-bond donors (Lipinski definition) is 3. The summed E-state index contributed by atoms with van der Waals surface area (Å²) in [6.45, 7) is 2.80. The number of hydrogen-bond acceptors (Lipinski definition) is 4. The van der Waals surface area contributed by atoms with Gasteiger partial charge in [0.15, 0.2) is 0 Å². The average molecular weight is 307 g/mol. The number of carbonyl (C=O) groups is 1. The number of rotatable bonds is 5. The van der Waals surface area contributed by atoms with Crippen molar-refractivity contribution in [3.05, 3.63) is 29.8 Å². The molecule has 1 aromatic rings. The second-order valence-corrected chi connectivity index (χ2v) is 6.22. The summed E-state index contributed by atoms with van der Waals surface area (Å²) in [5, 5.41) is 29.5. The van der Waals surface area contributed by atoms with Gasteiger partial charge in [-0.2, -0.15) is 0 Å². The minimum atomic E-state index is -0.695. The molecule has 3 N–H and O–H groups in total. The lowest BCUT2D eigenvalue weighted by molar-refractivity contribution is -0.141. The van der Waals surface area contributed by atoms with Gasteiger partial charge in [0.2, 0.25) is 5.91 Å². The molecule has 0 bridgehead atoms. The number of phenols is 1. The Balaban J connectivity index is 1.99. The first kappa shape index (κ1) is 16.8. The highest BCUT2D eigenvalue weighted by Crippen LogP contribution is 2.36. The molecule has 5 heteroatoms. The number of likely N-dealkylation sites (tertiary alicyclic amines) is 1. The number of β-amino-alcohol motifs (C(OH)–C–C–N with tert-alkyl or cyclic N) is 1. The molecule has 1 aliphatic heterocycles. The zero-order valence-electron chi connectivity index (χ0n) is 13.0. The Morgan fingerprint density at radius 3 is 2.82 bits per heavy atom. The van der Waals surface area contributed by atoms with Gasteiger partial charge < -0.3 is 20.2 Å². The summed E-state index contributed by atoms with van der Waals surface area (Å²) in [6.07, 6.45) is 1.79. The van der Waals surface area contributed by atoms with Crippen molar-refractivity contribution in [2.45, 2.75) is 38.7 Å². The van der Waals surface area contributed by atoms with Crippen molar-refractivity contribution in [2.24, 2.45) is 5.41 Å². The predicted molar refractivity (Wildman–Crippen MR) is 83.4 cm³/mol. The van der Waals surface area contributed by atoms with E-state index in [4.69, 9.17) is 0 Å². The number of carbonyl (C=O) groups excluding carboxylic acids is 1. The van der Waals surface area contributed by atoms with Crippen molar-refractivity contribution in [1.82, 2.24) is 4.90 Å². The zero-order valence-corrected chi connectivity index (χ0v) is 13.0. The third-order valence-electron chi connectivity index (χ3n) is 4.66. The molecule has 0 aromatic heterocycles. The average Bonchev–Trinajstić information content (AvgIpc) is 2.49. The number of amides is 1. The van der Waals surface area contributed by atoms with E-state index in [0.29, 0.717) is 13.0 Å². The molecule has 0 radical (unpaired) electrons. The van der Waals surface area contributed by atoms with Gasteiger partial charge in [0.05, 0.1) is 19.1 Å². The maximum Gasteiger partial charge on any atom is 0.227 e. The maximum absolute atomic E-state index is 12.4. The van der Waals surface area contributed by atoms with E-state index in [0.717, 1.165) is 18.4 Å². The SMILES string of the molecule is CCC[C@]1(CO)CCN(C(=O)Cc2cccc(O)c2)C[C@H]1O. The van der Waals surface area contributed by atoms with Crippen LogP contribution in [0.1, 0.15) is 31.7 Å². The monoisotopic (exact) mass is 307 g/mol. The van der Waals surface area contributed by atoms with Crippen LogP contribution in [0.15, 0.2) is 24.3 Å². The highest BCUT2D eigenvalue weighted by Gasteiger charge is 2.42. The van der Waals surface area contributed by atoms with Crippen LogP contribution >= 0.6 is 0 Å². The molecule has 0 aliphatic carbocycles. The second-order valence-electron chi connectivity index (χ2n) is 6.22. The van der Waals surface area contributed by atoms with E-state index >= 15 is 0 Å². The van der Waals surface area contributed by atoms with E-state index in [1.807, 2.05) is 6.92 Å². The summed E-state index contributed by atoms with van der Waals surface area (Å²) in [5.41, 5.74) is 0.281. The van der Waals surface area contributed by atoms with E-state index in [1.54, 1.807) is 29.2 Å². The van der Waals surface area contributed by atoms with E-state index in [2.05, 4.69) is 0 Å². The van der Waals surface area contributed by atoms with E-state index in [1.165, 1.54) is 0 Å². The molecule has 0 spiro atoms. The highest BCUT2D eigenvalue weighted by molar-refractivity contribution is 5.79. The van der Waals surface area contributed by atoms with Gasteiger partial charge >= 0.3 is 0 Å². The maximum atomic E-state index is 12.4. The topological polar surface area (TPSA) is 81.0 Å². The minimum absolute atomic E-state index is 0.0450. The fourth-order valence-corrected chi connectivity index (χ4v) is 3.25. The van der Waals surface area contributed by atoms with Crippen LogP contribution in [-0.2, 0) is 11.2 Å². The van der Waals surface area contributed by atoms with E-state index in [9.17, 15) is 20.1 Å². The van der Waals surface area contributed by atoms with E-state index in [-0.39, 0.29) is 31.2 Å². The molecule has 1 fully saturated rings. The quantitative estimate of drug-likeness (QED) is 0.766. The predicted octanol–water partition coefficient (Wildman–Crippen LogP) is 1.31. The van der Waals surface area contributed by atoms with Gasteiger partial charge in [0.25, 0.3) is 0 Å². The van der Waals surface area contributed by atoms with Crippen LogP contribution in [0.3, 0.4) is 0 Å². The molecule has 1 saturated heterocycles. The molecule has 22 heavy (non-hydrogen) atoms. The summed E-state index contributed by atoms with van der Waals surface area (Å²) in [7, 11) is 0. The molecule has 2 atom stereocenters. The Bertz CT molecular complexity index is 519. The lowest BCUT2D eigenvalue weighted by Gasteiger charge is -2.44. The van der Waals surface area contributed by atoms with Crippen LogP contribution in [0.5, 0.6) is 5.75 Å². The lowest BCUT2D eigenvalue weighted by Crippen LogP contribution is -2.54. The van der Waals surface area contributed by atoms with Crippen molar-refractivity contribution in [2.75, 3.05) is 19.7 Å². The molecule has 0 saturated carbocycles. The summed E-state index contributed by atoms with van der Waals surface area (Å²) in [5.74, 6) is 0.0823.